The number of hydrogen-bond acceptors (Lipinski definition) is 3. The molecule has 1 amide bonds. The highest BCUT2D eigenvalue weighted by atomic mass is 35.6. The van der Waals surface area contributed by atoms with Crippen LogP contribution in [0.4, 0.5) is 0 Å². The van der Waals surface area contributed by atoms with Gasteiger partial charge in [-0.25, -0.2) is 0 Å². The van der Waals surface area contributed by atoms with Gasteiger partial charge in [0, 0.05) is 0 Å². The third kappa shape index (κ3) is 4.64. The fourth-order valence-electron chi connectivity index (χ4n) is 2.34. The van der Waals surface area contributed by atoms with Crippen molar-refractivity contribution in [2.45, 2.75) is 55.7 Å². The quantitative estimate of drug-likeness (QED) is 0.643. The van der Waals surface area contributed by atoms with E-state index in [1.165, 1.54) is 0 Å². The molecule has 0 bridgehead atoms. The lowest BCUT2D eigenvalue weighted by Gasteiger charge is -2.43. The van der Waals surface area contributed by atoms with E-state index in [-0.39, 0.29) is 11.3 Å². The second-order valence-electron chi connectivity index (χ2n) is 6.17. The lowest BCUT2D eigenvalue weighted by Crippen LogP contribution is -2.56. The highest BCUT2D eigenvalue weighted by Gasteiger charge is 2.42. The summed E-state index contributed by atoms with van der Waals surface area (Å²) in [6.07, 6.45) is -0.910. The summed E-state index contributed by atoms with van der Waals surface area (Å²) in [6, 6.07) is -0.615. The molecular weight excluding hydrogens is 312 g/mol. The molecule has 0 saturated heterocycles. The summed E-state index contributed by atoms with van der Waals surface area (Å²) in [7, 11) is 0. The van der Waals surface area contributed by atoms with E-state index >= 15 is 0 Å². The molecule has 4 nitrogen and oxygen atoms in total. The van der Waals surface area contributed by atoms with Crippen molar-refractivity contribution in [3.05, 3.63) is 0 Å². The van der Waals surface area contributed by atoms with Crippen LogP contribution in [-0.4, -0.2) is 38.2 Å². The average Bonchev–Trinajstić information content (AvgIpc) is 2.21. The molecule has 0 aromatic carbocycles. The number of aliphatic hydroxyl groups excluding tert-OH is 2. The molecule has 3 N–H and O–H groups in total. The van der Waals surface area contributed by atoms with Crippen molar-refractivity contribution in [3.63, 3.8) is 0 Å². The van der Waals surface area contributed by atoms with Gasteiger partial charge in [-0.2, -0.15) is 0 Å². The first-order valence-electron chi connectivity index (χ1n) is 6.16. The average molecular weight is 333 g/mol. The standard InChI is InChI=1S/C12H20Cl3NO3/c1-11(2,3)6-4-7(9(18)8(17)5-6)16-10(19)12(13,14)15/h6-9,17-18H,4-5H2,1-3H3,(H,16,19)/t6-,7+,8+,9-/m1/s1. The second kappa shape index (κ2) is 5.94. The molecule has 0 radical (unpaired) electrons. The van der Waals surface area contributed by atoms with E-state index in [0.29, 0.717) is 12.8 Å². The molecule has 7 heteroatoms. The number of carbonyl (C=O) groups is 1. The van der Waals surface area contributed by atoms with Crippen LogP contribution in [0.2, 0.25) is 0 Å². The Morgan fingerprint density at radius 2 is 1.68 bits per heavy atom. The van der Waals surface area contributed by atoms with Crippen molar-refractivity contribution in [2.75, 3.05) is 0 Å². The Balaban J connectivity index is 2.78. The highest BCUT2D eigenvalue weighted by molar-refractivity contribution is 6.76. The fraction of sp³-hybridized carbons (Fsp3) is 0.917. The maximum Gasteiger partial charge on any atom is 0.272 e. The van der Waals surface area contributed by atoms with Gasteiger partial charge in [-0.1, -0.05) is 55.6 Å². The van der Waals surface area contributed by atoms with Gasteiger partial charge >= 0.3 is 0 Å². The van der Waals surface area contributed by atoms with Gasteiger partial charge in [0.25, 0.3) is 9.70 Å². The van der Waals surface area contributed by atoms with Crippen LogP contribution in [-0.2, 0) is 4.79 Å². The van der Waals surface area contributed by atoms with Gasteiger partial charge in [-0.15, -0.1) is 0 Å². The van der Waals surface area contributed by atoms with E-state index in [0.717, 1.165) is 0 Å². The molecule has 19 heavy (non-hydrogen) atoms. The van der Waals surface area contributed by atoms with Gasteiger partial charge in [-0.05, 0) is 24.2 Å². The van der Waals surface area contributed by atoms with Gasteiger partial charge in [0.2, 0.25) is 0 Å². The number of alkyl halides is 3. The number of aliphatic hydroxyl groups is 2. The summed E-state index contributed by atoms with van der Waals surface area (Å²) in [5, 5.41) is 22.3. The molecule has 112 valence electrons. The Hall–Kier alpha value is 0.260. The molecule has 1 aliphatic carbocycles. The largest absolute Gasteiger partial charge is 0.390 e. The third-order valence-electron chi connectivity index (χ3n) is 3.67. The first-order valence-corrected chi connectivity index (χ1v) is 7.30. The summed E-state index contributed by atoms with van der Waals surface area (Å²) < 4.78 is -2.07. The summed E-state index contributed by atoms with van der Waals surface area (Å²) >= 11 is 16.5. The van der Waals surface area contributed by atoms with Crippen LogP contribution < -0.4 is 5.32 Å². The monoisotopic (exact) mass is 331 g/mol. The highest BCUT2D eigenvalue weighted by Crippen LogP contribution is 2.38. The summed E-state index contributed by atoms with van der Waals surface area (Å²) in [5.41, 5.74) is -0.0376. The SMILES string of the molecule is CC(C)(C)[C@@H]1C[C@H](NC(=O)C(Cl)(Cl)Cl)[C@@H](O)[C@@H](O)C1. The van der Waals surface area contributed by atoms with Gasteiger partial charge in [0.1, 0.15) is 6.10 Å². The molecule has 0 unspecified atom stereocenters. The van der Waals surface area contributed by atoms with Crippen molar-refractivity contribution < 1.29 is 15.0 Å². The minimum absolute atomic E-state index is 0.0376. The maximum absolute atomic E-state index is 11.6. The first-order chi connectivity index (χ1) is 8.43. The summed E-state index contributed by atoms with van der Waals surface area (Å²) in [4.78, 5) is 11.6. The number of nitrogens with one attached hydrogen (secondary N) is 1. The van der Waals surface area contributed by atoms with Crippen LogP contribution in [0.25, 0.3) is 0 Å². The Kier molecular flexibility index (Phi) is 5.41. The Morgan fingerprint density at radius 3 is 2.11 bits per heavy atom. The Morgan fingerprint density at radius 1 is 1.16 bits per heavy atom. The maximum atomic E-state index is 11.6. The number of amides is 1. The van der Waals surface area contributed by atoms with Crippen molar-refractivity contribution in [1.29, 1.82) is 0 Å². The van der Waals surface area contributed by atoms with Gasteiger partial charge in [0.05, 0.1) is 12.1 Å². The fourth-order valence-corrected chi connectivity index (χ4v) is 2.51. The first kappa shape index (κ1) is 17.3. The van der Waals surface area contributed by atoms with Crippen molar-refractivity contribution >= 4 is 40.7 Å². The predicted molar refractivity (Wildman–Crippen MR) is 76.4 cm³/mol. The third-order valence-corrected chi connectivity index (χ3v) is 4.18. The predicted octanol–water partition coefficient (Wildman–Crippen LogP) is 2.02. The Labute approximate surface area is 128 Å². The second-order valence-corrected chi connectivity index (χ2v) is 8.45. The smallest absolute Gasteiger partial charge is 0.272 e. The minimum Gasteiger partial charge on any atom is -0.390 e. The molecule has 0 aromatic rings. The molecule has 4 atom stereocenters. The molecular formula is C12H20Cl3NO3. The van der Waals surface area contributed by atoms with Gasteiger partial charge in [0.15, 0.2) is 0 Å². The molecule has 1 fully saturated rings. The van der Waals surface area contributed by atoms with Crippen LogP contribution in [0.3, 0.4) is 0 Å². The topological polar surface area (TPSA) is 69.6 Å². The van der Waals surface area contributed by atoms with Crippen molar-refractivity contribution in [1.82, 2.24) is 5.32 Å². The van der Waals surface area contributed by atoms with E-state index in [2.05, 4.69) is 26.1 Å². The zero-order chi connectivity index (χ0) is 15.0. The lowest BCUT2D eigenvalue weighted by molar-refractivity contribution is -0.125. The van der Waals surface area contributed by atoms with Gasteiger partial charge < -0.3 is 15.5 Å². The molecule has 1 saturated carbocycles. The van der Waals surface area contributed by atoms with Gasteiger partial charge in [-0.3, -0.25) is 4.79 Å². The molecule has 0 aliphatic heterocycles. The Bertz CT molecular complexity index is 338. The molecule has 0 heterocycles. The number of halogens is 3. The zero-order valence-corrected chi connectivity index (χ0v) is 13.4. The van der Waals surface area contributed by atoms with Crippen molar-refractivity contribution in [3.8, 4) is 0 Å². The van der Waals surface area contributed by atoms with E-state index in [9.17, 15) is 15.0 Å². The summed E-state index contributed by atoms with van der Waals surface area (Å²) in [6.45, 7) is 6.15. The molecule has 1 rings (SSSR count). The minimum atomic E-state index is -2.07. The van der Waals surface area contributed by atoms with E-state index in [4.69, 9.17) is 34.8 Å². The summed E-state index contributed by atoms with van der Waals surface area (Å²) in [5.74, 6) is -0.630. The lowest BCUT2D eigenvalue weighted by atomic mass is 9.69. The zero-order valence-electron chi connectivity index (χ0n) is 11.2. The van der Waals surface area contributed by atoms with Crippen LogP contribution in [0, 0.1) is 11.3 Å². The number of carbonyl (C=O) groups excluding carboxylic acids is 1. The van der Waals surface area contributed by atoms with Crippen molar-refractivity contribution in [2.24, 2.45) is 11.3 Å². The molecule has 0 spiro atoms. The van der Waals surface area contributed by atoms with Crippen LogP contribution in [0.5, 0.6) is 0 Å². The van der Waals surface area contributed by atoms with Crippen LogP contribution in [0.1, 0.15) is 33.6 Å². The molecule has 0 aromatic heterocycles. The molecule has 1 aliphatic rings. The normalized spacial score (nSPS) is 33.1. The van der Waals surface area contributed by atoms with E-state index in [1.54, 1.807) is 0 Å². The van der Waals surface area contributed by atoms with Crippen LogP contribution >= 0.6 is 34.8 Å². The number of rotatable bonds is 1. The van der Waals surface area contributed by atoms with E-state index in [1.807, 2.05) is 0 Å². The van der Waals surface area contributed by atoms with E-state index < -0.39 is 27.9 Å². The van der Waals surface area contributed by atoms with Crippen LogP contribution in [0.15, 0.2) is 0 Å². The number of hydrogen-bond donors (Lipinski definition) is 3.